The average Bonchev–Trinajstić information content (AvgIpc) is 2.40. The van der Waals surface area contributed by atoms with Crippen molar-refractivity contribution in [2.45, 2.75) is 19.4 Å². The molecule has 2 aromatic heterocycles. The largest absolute Gasteiger partial charge is 0.480 e. The number of hydrogen-bond donors (Lipinski definition) is 0. The van der Waals surface area contributed by atoms with Crippen LogP contribution >= 0.6 is 0 Å². The molecule has 1 unspecified atom stereocenters. The minimum atomic E-state index is -0.0543. The molecule has 0 aliphatic carbocycles. The van der Waals surface area contributed by atoms with Crippen LogP contribution in [0.5, 0.6) is 11.9 Å². The maximum absolute atomic E-state index is 5.58. The predicted octanol–water partition coefficient (Wildman–Crippen LogP) is 1.29. The van der Waals surface area contributed by atoms with E-state index >= 15 is 0 Å². The van der Waals surface area contributed by atoms with Gasteiger partial charge in [0.15, 0.2) is 0 Å². The highest BCUT2D eigenvalue weighted by molar-refractivity contribution is 5.17. The molecular formula is C12H14N4O2. The third-order valence-corrected chi connectivity index (χ3v) is 2.27. The first kappa shape index (κ1) is 12.2. The van der Waals surface area contributed by atoms with Gasteiger partial charge < -0.3 is 9.47 Å². The van der Waals surface area contributed by atoms with Crippen LogP contribution in [0.3, 0.4) is 0 Å². The summed E-state index contributed by atoms with van der Waals surface area (Å²) in [5.41, 5.74) is 0.991. The monoisotopic (exact) mass is 246 g/mol. The standard InChI is InChI=1S/C12H14N4O2/c1-9(18-12-13-4-3-5-14-12)6-10-7-11(17-2)16-15-8-10/h3-5,7-9H,6H2,1-2H3. The van der Waals surface area contributed by atoms with Crippen molar-refractivity contribution in [2.75, 3.05) is 7.11 Å². The van der Waals surface area contributed by atoms with E-state index in [2.05, 4.69) is 20.2 Å². The molecule has 2 aromatic rings. The van der Waals surface area contributed by atoms with Gasteiger partial charge in [-0.2, -0.15) is 5.10 Å². The second-order valence-corrected chi connectivity index (χ2v) is 3.77. The third kappa shape index (κ3) is 3.38. The molecule has 6 heteroatoms. The lowest BCUT2D eigenvalue weighted by Gasteiger charge is -2.12. The maximum Gasteiger partial charge on any atom is 0.316 e. The van der Waals surface area contributed by atoms with Crippen LogP contribution in [-0.2, 0) is 6.42 Å². The summed E-state index contributed by atoms with van der Waals surface area (Å²) in [6.45, 7) is 1.95. The number of aromatic nitrogens is 4. The minimum Gasteiger partial charge on any atom is -0.480 e. The first-order valence-corrected chi connectivity index (χ1v) is 5.57. The molecule has 18 heavy (non-hydrogen) atoms. The summed E-state index contributed by atoms with van der Waals surface area (Å²) in [4.78, 5) is 8.02. The molecule has 0 spiro atoms. The van der Waals surface area contributed by atoms with Crippen molar-refractivity contribution in [3.05, 3.63) is 36.3 Å². The zero-order valence-electron chi connectivity index (χ0n) is 10.3. The first-order valence-electron chi connectivity index (χ1n) is 5.57. The summed E-state index contributed by atoms with van der Waals surface area (Å²) < 4.78 is 10.6. The van der Waals surface area contributed by atoms with Crippen LogP contribution < -0.4 is 9.47 Å². The molecule has 94 valence electrons. The lowest BCUT2D eigenvalue weighted by molar-refractivity contribution is 0.203. The van der Waals surface area contributed by atoms with E-state index in [1.807, 2.05) is 13.0 Å². The molecule has 0 amide bonds. The van der Waals surface area contributed by atoms with Gasteiger partial charge in [0.25, 0.3) is 0 Å². The maximum atomic E-state index is 5.58. The Hall–Kier alpha value is -2.24. The van der Waals surface area contributed by atoms with Gasteiger partial charge in [0.1, 0.15) is 6.10 Å². The fourth-order valence-electron chi connectivity index (χ4n) is 1.50. The molecule has 2 heterocycles. The van der Waals surface area contributed by atoms with Gasteiger partial charge in [-0.1, -0.05) is 0 Å². The van der Waals surface area contributed by atoms with Crippen LogP contribution in [0.2, 0.25) is 0 Å². The molecule has 0 aliphatic heterocycles. The number of ether oxygens (including phenoxy) is 2. The zero-order chi connectivity index (χ0) is 12.8. The van der Waals surface area contributed by atoms with E-state index in [-0.39, 0.29) is 6.10 Å². The van der Waals surface area contributed by atoms with E-state index < -0.39 is 0 Å². The zero-order valence-corrected chi connectivity index (χ0v) is 10.3. The van der Waals surface area contributed by atoms with E-state index in [4.69, 9.17) is 9.47 Å². The highest BCUT2D eigenvalue weighted by Crippen LogP contribution is 2.11. The number of nitrogens with zero attached hydrogens (tertiary/aromatic N) is 4. The lowest BCUT2D eigenvalue weighted by Crippen LogP contribution is -2.16. The van der Waals surface area contributed by atoms with Crippen molar-refractivity contribution < 1.29 is 9.47 Å². The molecule has 2 rings (SSSR count). The van der Waals surface area contributed by atoms with Crippen molar-refractivity contribution in [1.29, 1.82) is 0 Å². The highest BCUT2D eigenvalue weighted by atomic mass is 16.5. The van der Waals surface area contributed by atoms with Gasteiger partial charge in [0.05, 0.1) is 13.3 Å². The van der Waals surface area contributed by atoms with E-state index in [1.165, 1.54) is 0 Å². The van der Waals surface area contributed by atoms with Gasteiger partial charge >= 0.3 is 6.01 Å². The molecule has 0 N–H and O–H groups in total. The van der Waals surface area contributed by atoms with Gasteiger partial charge in [-0.3, -0.25) is 0 Å². The molecule has 0 aliphatic rings. The second kappa shape index (κ2) is 5.90. The molecule has 0 radical (unpaired) electrons. The fourth-order valence-corrected chi connectivity index (χ4v) is 1.50. The Morgan fingerprint density at radius 1 is 1.28 bits per heavy atom. The molecule has 1 atom stereocenters. The lowest BCUT2D eigenvalue weighted by atomic mass is 10.1. The Morgan fingerprint density at radius 2 is 2.06 bits per heavy atom. The summed E-state index contributed by atoms with van der Waals surface area (Å²) in [5.74, 6) is 0.496. The van der Waals surface area contributed by atoms with Crippen LogP contribution in [0.4, 0.5) is 0 Å². The van der Waals surface area contributed by atoms with Gasteiger partial charge in [-0.05, 0) is 18.6 Å². The second-order valence-electron chi connectivity index (χ2n) is 3.77. The van der Waals surface area contributed by atoms with Crippen LogP contribution in [0.15, 0.2) is 30.7 Å². The Labute approximate surface area is 105 Å². The minimum absolute atomic E-state index is 0.0543. The molecule has 0 aromatic carbocycles. The van der Waals surface area contributed by atoms with Gasteiger partial charge in [-0.15, -0.1) is 5.10 Å². The van der Waals surface area contributed by atoms with Crippen molar-refractivity contribution in [3.8, 4) is 11.9 Å². The number of rotatable bonds is 5. The molecule has 0 bridgehead atoms. The first-order chi connectivity index (χ1) is 8.78. The number of methoxy groups -OCH3 is 1. The van der Waals surface area contributed by atoms with Gasteiger partial charge in [0, 0.05) is 24.9 Å². The van der Waals surface area contributed by atoms with Crippen molar-refractivity contribution in [1.82, 2.24) is 20.2 Å². The SMILES string of the molecule is COc1cc(CC(C)Oc2ncccn2)cnn1. The Kier molecular flexibility index (Phi) is 4.01. The van der Waals surface area contributed by atoms with Crippen LogP contribution in [0, 0.1) is 0 Å². The third-order valence-electron chi connectivity index (χ3n) is 2.27. The van der Waals surface area contributed by atoms with E-state index in [0.717, 1.165) is 5.56 Å². The topological polar surface area (TPSA) is 70.0 Å². The van der Waals surface area contributed by atoms with Crippen molar-refractivity contribution >= 4 is 0 Å². The van der Waals surface area contributed by atoms with Crippen LogP contribution in [0.25, 0.3) is 0 Å². The summed E-state index contributed by atoms with van der Waals surface area (Å²) in [6, 6.07) is 3.95. The van der Waals surface area contributed by atoms with Gasteiger partial charge in [0.2, 0.25) is 5.88 Å². The quantitative estimate of drug-likeness (QED) is 0.791. The molecule has 0 fully saturated rings. The highest BCUT2D eigenvalue weighted by Gasteiger charge is 2.08. The smallest absolute Gasteiger partial charge is 0.316 e. The van der Waals surface area contributed by atoms with Crippen LogP contribution in [-0.4, -0.2) is 33.4 Å². The molecule has 6 nitrogen and oxygen atoms in total. The predicted molar refractivity (Wildman–Crippen MR) is 64.4 cm³/mol. The Balaban J connectivity index is 1.96. The van der Waals surface area contributed by atoms with Crippen molar-refractivity contribution in [2.24, 2.45) is 0 Å². The molecule has 0 saturated carbocycles. The normalized spacial score (nSPS) is 11.9. The average molecular weight is 246 g/mol. The van der Waals surface area contributed by atoms with E-state index in [0.29, 0.717) is 18.3 Å². The van der Waals surface area contributed by atoms with Crippen molar-refractivity contribution in [3.63, 3.8) is 0 Å². The molecular weight excluding hydrogens is 232 g/mol. The fraction of sp³-hybridized carbons (Fsp3) is 0.333. The van der Waals surface area contributed by atoms with E-state index in [9.17, 15) is 0 Å². The summed E-state index contributed by atoms with van der Waals surface area (Å²) in [5, 5.41) is 7.67. The summed E-state index contributed by atoms with van der Waals surface area (Å²) >= 11 is 0. The van der Waals surface area contributed by atoms with Crippen LogP contribution in [0.1, 0.15) is 12.5 Å². The Morgan fingerprint density at radius 3 is 2.78 bits per heavy atom. The van der Waals surface area contributed by atoms with E-state index in [1.54, 1.807) is 31.8 Å². The van der Waals surface area contributed by atoms with Gasteiger partial charge in [-0.25, -0.2) is 9.97 Å². The Bertz CT molecular complexity index is 492. The summed E-state index contributed by atoms with van der Waals surface area (Å²) in [7, 11) is 1.56. The number of hydrogen-bond acceptors (Lipinski definition) is 6. The molecule has 0 saturated heterocycles. The summed E-state index contributed by atoms with van der Waals surface area (Å²) in [6.07, 6.45) is 5.61.